The lowest BCUT2D eigenvalue weighted by Gasteiger charge is -2.07. The Labute approximate surface area is 272 Å². The zero-order chi connectivity index (χ0) is 30.9. The summed E-state index contributed by atoms with van der Waals surface area (Å²) in [4.78, 5) is 30.9. The Morgan fingerprint density at radius 1 is 0.489 bits per heavy atom. The molecule has 0 N–H and O–H groups in total. The molecule has 4 heteroatoms. The molecule has 6 aromatic rings. The molecule has 0 aliphatic heterocycles. The molecule has 0 fully saturated rings. The molecular weight excluding hydrogens is 589 g/mol. The highest BCUT2D eigenvalue weighted by Gasteiger charge is 2.24. The number of benzene rings is 4. The quantitative estimate of drug-likeness (QED) is 0.159. The van der Waals surface area contributed by atoms with E-state index in [0.29, 0.717) is 22.3 Å². The van der Waals surface area contributed by atoms with Crippen LogP contribution in [-0.2, 0) is 0 Å². The van der Waals surface area contributed by atoms with Gasteiger partial charge >= 0.3 is 0 Å². The standard InChI is InChI=1S/C41H32O2S2/c1-26-36(24-38(44-26)28-16-20-32(21-17-28)40(42)30-10-5-3-6-11-30)34-14-9-15-35(34)37-25-39(45-27(37)2)29-18-22-33(23-19-29)41(43)31-12-7-4-8-13-31/h3-8,10-13,16-25H,9,14-15H2,1-2H3. The van der Waals surface area contributed by atoms with E-state index in [2.05, 4.69) is 50.2 Å². The molecule has 1 aliphatic rings. The van der Waals surface area contributed by atoms with E-state index < -0.39 is 0 Å². The molecule has 0 amide bonds. The van der Waals surface area contributed by atoms with Crippen molar-refractivity contribution in [3.63, 3.8) is 0 Å². The van der Waals surface area contributed by atoms with Crippen molar-refractivity contribution in [2.75, 3.05) is 0 Å². The molecule has 0 saturated heterocycles. The minimum atomic E-state index is 0.0491. The molecule has 45 heavy (non-hydrogen) atoms. The third-order valence-electron chi connectivity index (χ3n) is 8.64. The van der Waals surface area contributed by atoms with Crippen LogP contribution in [0.1, 0.15) is 72.0 Å². The molecule has 0 radical (unpaired) electrons. The van der Waals surface area contributed by atoms with Gasteiger partial charge in [0.2, 0.25) is 0 Å². The minimum absolute atomic E-state index is 0.0491. The van der Waals surface area contributed by atoms with Crippen molar-refractivity contribution in [3.8, 4) is 20.9 Å². The molecule has 2 nitrogen and oxygen atoms in total. The van der Waals surface area contributed by atoms with Gasteiger partial charge in [-0.2, -0.15) is 0 Å². The maximum Gasteiger partial charge on any atom is 0.193 e. The molecule has 1 aliphatic carbocycles. The SMILES string of the molecule is Cc1sc(-c2ccc(C(=O)c3ccccc3)cc2)cc1C1=C(c2cc(-c3ccc(C(=O)c4ccccc4)cc3)sc2C)CCC1. The summed E-state index contributed by atoms with van der Waals surface area (Å²) >= 11 is 3.65. The van der Waals surface area contributed by atoms with E-state index >= 15 is 0 Å². The van der Waals surface area contributed by atoms with Crippen molar-refractivity contribution >= 4 is 45.4 Å². The summed E-state index contributed by atoms with van der Waals surface area (Å²) < 4.78 is 0. The lowest BCUT2D eigenvalue weighted by atomic mass is 9.96. The van der Waals surface area contributed by atoms with E-state index in [0.717, 1.165) is 30.4 Å². The summed E-state index contributed by atoms with van der Waals surface area (Å²) in [5.41, 5.74) is 10.7. The van der Waals surface area contributed by atoms with Crippen LogP contribution >= 0.6 is 22.7 Å². The first-order chi connectivity index (χ1) is 22.0. The minimum Gasteiger partial charge on any atom is -0.289 e. The molecule has 4 aromatic carbocycles. The van der Waals surface area contributed by atoms with Crippen molar-refractivity contribution in [1.82, 2.24) is 0 Å². The smallest absolute Gasteiger partial charge is 0.193 e. The van der Waals surface area contributed by atoms with Crippen LogP contribution in [0.2, 0.25) is 0 Å². The summed E-state index contributed by atoms with van der Waals surface area (Å²) in [6.45, 7) is 4.45. The van der Waals surface area contributed by atoms with Crippen molar-refractivity contribution < 1.29 is 9.59 Å². The maximum absolute atomic E-state index is 12.9. The van der Waals surface area contributed by atoms with Crippen molar-refractivity contribution in [2.45, 2.75) is 33.1 Å². The summed E-state index contributed by atoms with van der Waals surface area (Å²) in [5.74, 6) is 0.0983. The molecule has 0 bridgehead atoms. The number of carbonyl (C=O) groups is 2. The summed E-state index contributed by atoms with van der Waals surface area (Å²) in [5, 5.41) is 0. The Balaban J connectivity index is 1.15. The first kappa shape index (κ1) is 29.1. The van der Waals surface area contributed by atoms with E-state index in [1.165, 1.54) is 41.8 Å². The molecule has 0 unspecified atom stereocenters. The van der Waals surface area contributed by atoms with Gasteiger partial charge in [-0.1, -0.05) is 109 Å². The van der Waals surface area contributed by atoms with Crippen molar-refractivity contribution in [1.29, 1.82) is 0 Å². The van der Waals surface area contributed by atoms with Crippen molar-refractivity contribution in [2.24, 2.45) is 0 Å². The predicted molar refractivity (Wildman–Crippen MR) is 189 cm³/mol. The van der Waals surface area contributed by atoms with Crippen LogP contribution in [-0.4, -0.2) is 11.6 Å². The Morgan fingerprint density at radius 3 is 1.22 bits per heavy atom. The molecule has 220 valence electrons. The molecule has 0 saturated carbocycles. The van der Waals surface area contributed by atoms with Crippen molar-refractivity contribution in [3.05, 3.63) is 164 Å². The number of aryl methyl sites for hydroxylation is 2. The van der Waals surface area contributed by atoms with Gasteiger partial charge in [-0.05, 0) is 78.6 Å². The predicted octanol–water partition coefficient (Wildman–Crippen LogP) is 11.3. The number of thiophene rings is 2. The number of rotatable bonds is 8. The maximum atomic E-state index is 12.9. The van der Waals surface area contributed by atoms with Gasteiger partial charge in [0.15, 0.2) is 11.6 Å². The number of carbonyl (C=O) groups excluding carboxylic acids is 2. The summed E-state index contributed by atoms with van der Waals surface area (Å²) in [7, 11) is 0. The average molecular weight is 621 g/mol. The molecule has 0 atom stereocenters. The topological polar surface area (TPSA) is 34.1 Å². The van der Waals surface area contributed by atoms with E-state index in [1.54, 1.807) is 0 Å². The van der Waals surface area contributed by atoms with E-state index in [-0.39, 0.29) is 11.6 Å². The van der Waals surface area contributed by atoms with Gasteiger partial charge in [0.1, 0.15) is 0 Å². The Bertz CT molecular complexity index is 1890. The fourth-order valence-electron chi connectivity index (χ4n) is 6.27. The third kappa shape index (κ3) is 5.80. The normalized spacial score (nSPS) is 12.9. The highest BCUT2D eigenvalue weighted by molar-refractivity contribution is 7.16. The van der Waals surface area contributed by atoms with Crippen LogP contribution in [0.3, 0.4) is 0 Å². The number of ketones is 2. The zero-order valence-electron chi connectivity index (χ0n) is 25.3. The molecule has 2 heterocycles. The van der Waals surface area contributed by atoms with Gasteiger partial charge in [0.05, 0.1) is 0 Å². The molecule has 7 rings (SSSR count). The number of hydrogen-bond donors (Lipinski definition) is 0. The van der Waals surface area contributed by atoms with Gasteiger partial charge in [0, 0.05) is 41.8 Å². The van der Waals surface area contributed by atoms with Crippen LogP contribution in [0.25, 0.3) is 32.0 Å². The Kier molecular flexibility index (Phi) is 8.01. The second kappa shape index (κ2) is 12.4. The second-order valence-electron chi connectivity index (χ2n) is 11.5. The van der Waals surface area contributed by atoms with E-state index in [1.807, 2.05) is 108 Å². The van der Waals surface area contributed by atoms with Crippen LogP contribution in [0, 0.1) is 13.8 Å². The summed E-state index contributed by atoms with van der Waals surface area (Å²) in [6.07, 6.45) is 3.32. The molecule has 2 aromatic heterocycles. The highest BCUT2D eigenvalue weighted by atomic mass is 32.1. The molecule has 0 spiro atoms. The largest absolute Gasteiger partial charge is 0.289 e. The van der Waals surface area contributed by atoms with Crippen LogP contribution in [0.15, 0.2) is 121 Å². The van der Waals surface area contributed by atoms with Crippen LogP contribution < -0.4 is 0 Å². The Morgan fingerprint density at radius 2 is 0.844 bits per heavy atom. The zero-order valence-corrected chi connectivity index (χ0v) is 26.9. The lowest BCUT2D eigenvalue weighted by molar-refractivity contribution is 0.103. The highest BCUT2D eigenvalue weighted by Crippen LogP contribution is 2.47. The monoisotopic (exact) mass is 620 g/mol. The fraction of sp³-hybridized carbons (Fsp3) is 0.122. The first-order valence-corrected chi connectivity index (χ1v) is 16.9. The number of allylic oxidation sites excluding steroid dienone is 2. The van der Waals surface area contributed by atoms with Gasteiger partial charge in [-0.3, -0.25) is 9.59 Å². The van der Waals surface area contributed by atoms with Gasteiger partial charge in [0.25, 0.3) is 0 Å². The summed E-state index contributed by atoms with van der Waals surface area (Å²) in [6, 6.07) is 39.7. The van der Waals surface area contributed by atoms with Crippen LogP contribution in [0.5, 0.6) is 0 Å². The van der Waals surface area contributed by atoms with Gasteiger partial charge in [-0.15, -0.1) is 22.7 Å². The van der Waals surface area contributed by atoms with Gasteiger partial charge < -0.3 is 0 Å². The van der Waals surface area contributed by atoms with Gasteiger partial charge in [-0.25, -0.2) is 0 Å². The first-order valence-electron chi connectivity index (χ1n) is 15.3. The third-order valence-corrected chi connectivity index (χ3v) is 10.8. The van der Waals surface area contributed by atoms with E-state index in [4.69, 9.17) is 0 Å². The fourth-order valence-corrected chi connectivity index (χ4v) is 8.38. The number of hydrogen-bond acceptors (Lipinski definition) is 4. The van der Waals surface area contributed by atoms with E-state index in [9.17, 15) is 9.59 Å². The Hall–Kier alpha value is -4.64. The molecular formula is C41H32O2S2. The second-order valence-corrected chi connectivity index (χ2v) is 14.0. The van der Waals surface area contributed by atoms with Crippen LogP contribution in [0.4, 0.5) is 0 Å². The lowest BCUT2D eigenvalue weighted by Crippen LogP contribution is -2.00. The average Bonchev–Trinajstić information content (AvgIpc) is 3.83.